The van der Waals surface area contributed by atoms with Crippen molar-refractivity contribution in [3.8, 4) is 5.75 Å². The van der Waals surface area contributed by atoms with Gasteiger partial charge in [-0.15, -0.1) is 0 Å². The summed E-state index contributed by atoms with van der Waals surface area (Å²) in [7, 11) is 4.03. The van der Waals surface area contributed by atoms with Crippen molar-refractivity contribution >= 4 is 5.91 Å². The lowest BCUT2D eigenvalue weighted by molar-refractivity contribution is -0.136. The van der Waals surface area contributed by atoms with Gasteiger partial charge in [0, 0.05) is 18.5 Å². The van der Waals surface area contributed by atoms with Gasteiger partial charge in [-0.25, -0.2) is 0 Å². The molecule has 1 amide bonds. The molecular weight excluding hydrogens is 352 g/mol. The zero-order valence-electron chi connectivity index (χ0n) is 16.5. The van der Waals surface area contributed by atoms with E-state index in [2.05, 4.69) is 23.1 Å². The molecule has 2 aliphatic rings. The topological polar surface area (TPSA) is 53.0 Å². The number of nitrogens with zero attached hydrogens (tertiary/aromatic N) is 2. The van der Waals surface area contributed by atoms with E-state index in [1.165, 1.54) is 11.1 Å². The standard InChI is InChI=1S/C23H28N2O3/c1-24(2)21-18-10-6-7-11-19(18)23(22(21)27)12-14-25(15-13-23)20(26)16-28-17-8-4-3-5-9-17/h3-11,21-22,27H,12-16H2,1-2H3/t21-,22+/m1/s1. The third-order valence-corrected chi connectivity index (χ3v) is 6.35. The van der Waals surface area contributed by atoms with E-state index in [0.717, 1.165) is 12.8 Å². The predicted molar refractivity (Wildman–Crippen MR) is 108 cm³/mol. The Morgan fingerprint density at radius 1 is 1.11 bits per heavy atom. The number of piperidine rings is 1. The molecule has 5 heteroatoms. The average molecular weight is 380 g/mol. The van der Waals surface area contributed by atoms with Gasteiger partial charge < -0.3 is 19.6 Å². The normalized spacial score (nSPS) is 23.1. The van der Waals surface area contributed by atoms with Crippen molar-refractivity contribution < 1.29 is 14.6 Å². The SMILES string of the molecule is CN(C)[C@@H]1c2ccccc2C2(CCN(C(=O)COc3ccccc3)CC2)[C@H]1O. The van der Waals surface area contributed by atoms with Gasteiger partial charge in [0.05, 0.1) is 12.1 Å². The lowest BCUT2D eigenvalue weighted by Crippen LogP contribution is -2.51. The largest absolute Gasteiger partial charge is 0.484 e. The molecule has 0 radical (unpaired) electrons. The number of amides is 1. The number of carbonyl (C=O) groups excluding carboxylic acids is 1. The highest BCUT2D eigenvalue weighted by Gasteiger charge is 2.53. The molecule has 1 spiro atoms. The molecule has 2 aromatic carbocycles. The van der Waals surface area contributed by atoms with Crippen LogP contribution >= 0.6 is 0 Å². The first-order valence-electron chi connectivity index (χ1n) is 9.92. The van der Waals surface area contributed by atoms with Crippen LogP contribution in [0.3, 0.4) is 0 Å². The number of ether oxygens (including phenoxy) is 1. The van der Waals surface area contributed by atoms with E-state index in [1.54, 1.807) is 0 Å². The number of aliphatic hydroxyl groups is 1. The van der Waals surface area contributed by atoms with Crippen molar-refractivity contribution in [3.05, 3.63) is 65.7 Å². The van der Waals surface area contributed by atoms with Crippen LogP contribution in [-0.2, 0) is 10.2 Å². The number of carbonyl (C=O) groups is 1. The van der Waals surface area contributed by atoms with Crippen molar-refractivity contribution in [2.45, 2.75) is 30.4 Å². The maximum atomic E-state index is 12.6. The van der Waals surface area contributed by atoms with Crippen molar-refractivity contribution in [3.63, 3.8) is 0 Å². The van der Waals surface area contributed by atoms with Crippen LogP contribution in [0.5, 0.6) is 5.75 Å². The molecule has 5 nitrogen and oxygen atoms in total. The van der Waals surface area contributed by atoms with Gasteiger partial charge in [0.2, 0.25) is 0 Å². The number of benzene rings is 2. The Bertz CT molecular complexity index is 829. The molecule has 2 aromatic rings. The predicted octanol–water partition coefficient (Wildman–Crippen LogP) is 2.60. The summed E-state index contributed by atoms with van der Waals surface area (Å²) in [4.78, 5) is 16.6. The minimum atomic E-state index is -0.460. The summed E-state index contributed by atoms with van der Waals surface area (Å²) in [6.07, 6.45) is 1.08. The maximum Gasteiger partial charge on any atom is 0.260 e. The van der Waals surface area contributed by atoms with Gasteiger partial charge in [-0.2, -0.15) is 0 Å². The number of aliphatic hydroxyl groups excluding tert-OH is 1. The van der Waals surface area contributed by atoms with E-state index >= 15 is 0 Å². The monoisotopic (exact) mass is 380 g/mol. The van der Waals surface area contributed by atoms with E-state index in [-0.39, 0.29) is 24.0 Å². The lowest BCUT2D eigenvalue weighted by Gasteiger charge is -2.43. The summed E-state index contributed by atoms with van der Waals surface area (Å²) in [6, 6.07) is 17.8. The summed E-state index contributed by atoms with van der Waals surface area (Å²) in [5, 5.41) is 11.3. The van der Waals surface area contributed by atoms with Gasteiger partial charge in [0.15, 0.2) is 6.61 Å². The van der Waals surface area contributed by atoms with Crippen LogP contribution in [0.2, 0.25) is 0 Å². The fourth-order valence-corrected chi connectivity index (χ4v) is 4.87. The van der Waals surface area contributed by atoms with Gasteiger partial charge in [-0.3, -0.25) is 4.79 Å². The van der Waals surface area contributed by atoms with Crippen LogP contribution in [0.25, 0.3) is 0 Å². The smallest absolute Gasteiger partial charge is 0.260 e. The Kier molecular flexibility index (Phi) is 5.13. The van der Waals surface area contributed by atoms with Gasteiger partial charge in [-0.05, 0) is 50.2 Å². The number of hydrogen-bond donors (Lipinski definition) is 1. The van der Waals surface area contributed by atoms with E-state index in [9.17, 15) is 9.90 Å². The van der Waals surface area contributed by atoms with Crippen LogP contribution in [-0.4, -0.2) is 60.7 Å². The van der Waals surface area contributed by atoms with Gasteiger partial charge in [0.25, 0.3) is 5.91 Å². The van der Waals surface area contributed by atoms with Crippen LogP contribution in [0, 0.1) is 0 Å². The summed E-state index contributed by atoms with van der Waals surface area (Å²) in [6.45, 7) is 1.33. The van der Waals surface area contributed by atoms with Crippen molar-refractivity contribution in [1.82, 2.24) is 9.80 Å². The zero-order chi connectivity index (χ0) is 19.7. The highest BCUT2D eigenvalue weighted by Crippen LogP contribution is 2.52. The summed E-state index contributed by atoms with van der Waals surface area (Å²) in [5.74, 6) is 0.710. The third kappa shape index (κ3) is 3.19. The Labute approximate surface area is 166 Å². The molecule has 0 saturated carbocycles. The number of fused-ring (bicyclic) bond motifs is 2. The van der Waals surface area contributed by atoms with E-state index < -0.39 is 6.10 Å². The second-order valence-electron chi connectivity index (χ2n) is 8.08. The molecule has 1 aliphatic heterocycles. The Balaban J connectivity index is 1.45. The summed E-state index contributed by atoms with van der Waals surface area (Å²) < 4.78 is 5.62. The van der Waals surface area contributed by atoms with Crippen LogP contribution in [0.4, 0.5) is 0 Å². The number of para-hydroxylation sites is 1. The number of hydrogen-bond acceptors (Lipinski definition) is 4. The number of likely N-dealkylation sites (N-methyl/N-ethyl adjacent to an activating group) is 1. The van der Waals surface area contributed by atoms with Gasteiger partial charge in [0.1, 0.15) is 5.75 Å². The molecule has 0 bridgehead atoms. The van der Waals surface area contributed by atoms with Crippen LogP contribution in [0.15, 0.2) is 54.6 Å². The quantitative estimate of drug-likeness (QED) is 0.886. The molecule has 1 fully saturated rings. The molecule has 1 aliphatic carbocycles. The number of rotatable bonds is 4. The maximum absolute atomic E-state index is 12.6. The highest BCUT2D eigenvalue weighted by molar-refractivity contribution is 5.78. The average Bonchev–Trinajstić information content (AvgIpc) is 2.96. The highest BCUT2D eigenvalue weighted by atomic mass is 16.5. The second kappa shape index (κ2) is 7.57. The van der Waals surface area contributed by atoms with Crippen LogP contribution < -0.4 is 4.74 Å². The summed E-state index contributed by atoms with van der Waals surface area (Å²) >= 11 is 0. The molecule has 4 rings (SSSR count). The minimum absolute atomic E-state index is 0.000125. The molecule has 148 valence electrons. The zero-order valence-corrected chi connectivity index (χ0v) is 16.5. The number of likely N-dealkylation sites (tertiary alicyclic amines) is 1. The third-order valence-electron chi connectivity index (χ3n) is 6.35. The molecule has 1 heterocycles. The van der Waals surface area contributed by atoms with Crippen molar-refractivity contribution in [2.24, 2.45) is 0 Å². The molecule has 28 heavy (non-hydrogen) atoms. The fraction of sp³-hybridized carbons (Fsp3) is 0.435. The van der Waals surface area contributed by atoms with E-state index in [4.69, 9.17) is 4.74 Å². The van der Waals surface area contributed by atoms with Gasteiger partial charge in [-0.1, -0.05) is 42.5 Å². The molecule has 1 N–H and O–H groups in total. The first-order valence-corrected chi connectivity index (χ1v) is 9.92. The molecule has 2 atom stereocenters. The molecule has 0 unspecified atom stereocenters. The summed E-state index contributed by atoms with van der Waals surface area (Å²) in [5.41, 5.74) is 2.18. The van der Waals surface area contributed by atoms with Crippen LogP contribution in [0.1, 0.15) is 30.0 Å². The van der Waals surface area contributed by atoms with E-state index in [0.29, 0.717) is 18.8 Å². The first-order chi connectivity index (χ1) is 13.5. The molecular formula is C23H28N2O3. The van der Waals surface area contributed by atoms with Crippen molar-refractivity contribution in [2.75, 3.05) is 33.8 Å². The molecule has 0 aromatic heterocycles. The van der Waals surface area contributed by atoms with E-state index in [1.807, 2.05) is 55.4 Å². The van der Waals surface area contributed by atoms with Gasteiger partial charge >= 0.3 is 0 Å². The fourth-order valence-electron chi connectivity index (χ4n) is 4.87. The Morgan fingerprint density at radius 2 is 1.75 bits per heavy atom. The molecule has 1 saturated heterocycles. The Morgan fingerprint density at radius 3 is 2.43 bits per heavy atom. The Hall–Kier alpha value is -2.37. The lowest BCUT2D eigenvalue weighted by atomic mass is 9.72. The first kappa shape index (κ1) is 19.0. The minimum Gasteiger partial charge on any atom is -0.484 e. The second-order valence-corrected chi connectivity index (χ2v) is 8.08. The van der Waals surface area contributed by atoms with Crippen molar-refractivity contribution in [1.29, 1.82) is 0 Å².